The Morgan fingerprint density at radius 3 is 2.34 bits per heavy atom. The minimum Gasteiger partial charge on any atom is -0.408 e. The average molecular weight is 650 g/mol. The van der Waals surface area contributed by atoms with Crippen molar-refractivity contribution in [3.8, 4) is 5.69 Å². The summed E-state index contributed by atoms with van der Waals surface area (Å²) < 4.78 is 1.90. The summed E-state index contributed by atoms with van der Waals surface area (Å²) >= 11 is 0. The highest BCUT2D eigenvalue weighted by atomic mass is 28.2. The number of aliphatic hydroxyl groups is 1. The maximum absolute atomic E-state index is 13.7. The summed E-state index contributed by atoms with van der Waals surface area (Å²) in [5.74, 6) is 0.0431. The van der Waals surface area contributed by atoms with Crippen LogP contribution in [0.4, 0.5) is 5.69 Å². The summed E-state index contributed by atoms with van der Waals surface area (Å²) in [5.41, 5.74) is 7.60. The number of fused-ring (bicyclic) bond motifs is 1. The van der Waals surface area contributed by atoms with Gasteiger partial charge in [-0.3, -0.25) is 14.5 Å². The molecule has 8 nitrogen and oxygen atoms in total. The minimum atomic E-state index is -0.0152. The number of carbonyl (C=O) groups excluding carboxylic acids is 2. The van der Waals surface area contributed by atoms with Gasteiger partial charge in [0.05, 0.1) is 12.3 Å². The number of amides is 1. The standard InChI is InChI=1S/C38H47N5O3Si/c1-5-7-19-41(20-8-6-2)38(46)36-21-27(3)43(39-36)37-18-15-33(40-47-35-16-13-29(14-17-35)28(4)45)22-32(37)25-42-24-31-12-10-9-11-30(31)23-34(42)26-44/h9-18,21-22,34,40,44H,5-8,19-20,23-26H2,1-4H3/t34-/m0/s1. The number of hydrogen-bond donors (Lipinski definition) is 2. The third-order valence-corrected chi connectivity index (χ3v) is 9.99. The van der Waals surface area contributed by atoms with Crippen molar-refractivity contribution < 1.29 is 14.7 Å². The number of aliphatic hydroxyl groups excluding tert-OH is 1. The first-order valence-corrected chi connectivity index (χ1v) is 17.8. The fourth-order valence-corrected chi connectivity index (χ4v) is 6.93. The molecule has 0 fully saturated rings. The SMILES string of the molecule is CCCCN(CCCC)C(=O)c1cc(C)n(-c2ccc(N[Si]c3ccc(C(C)=O)cc3)cc2CN2Cc3ccccc3C[C@H]2CO)n1. The molecule has 1 aromatic heterocycles. The van der Waals surface area contributed by atoms with Crippen LogP contribution in [0.5, 0.6) is 0 Å². The third-order valence-electron chi connectivity index (χ3n) is 8.96. The number of Topliss-reactive ketones (excluding diaryl/α,β-unsaturated/α-hetero) is 1. The number of rotatable bonds is 15. The number of unbranched alkanes of at least 4 members (excludes halogenated alkanes) is 2. The van der Waals surface area contributed by atoms with Gasteiger partial charge in [-0.15, -0.1) is 0 Å². The summed E-state index contributed by atoms with van der Waals surface area (Å²) in [4.78, 5) is 33.3. The molecule has 0 bridgehead atoms. The van der Waals surface area contributed by atoms with Crippen LogP contribution in [-0.2, 0) is 19.5 Å². The molecule has 4 aromatic rings. The number of benzene rings is 3. The van der Waals surface area contributed by atoms with Gasteiger partial charge in [-0.2, -0.15) is 5.10 Å². The summed E-state index contributed by atoms with van der Waals surface area (Å²) in [5, 5.41) is 16.4. The number of ketones is 1. The largest absolute Gasteiger partial charge is 0.408 e. The fourth-order valence-electron chi connectivity index (χ4n) is 6.15. The van der Waals surface area contributed by atoms with Gasteiger partial charge in [0.2, 0.25) is 9.68 Å². The minimum absolute atomic E-state index is 0.00224. The first-order valence-electron chi connectivity index (χ1n) is 16.8. The molecule has 0 spiro atoms. The van der Waals surface area contributed by atoms with Crippen LogP contribution in [0.3, 0.4) is 0 Å². The second-order valence-electron chi connectivity index (χ2n) is 12.5. The van der Waals surface area contributed by atoms with Crippen LogP contribution in [0.25, 0.3) is 5.69 Å². The predicted molar refractivity (Wildman–Crippen MR) is 190 cm³/mol. The second-order valence-corrected chi connectivity index (χ2v) is 13.6. The Morgan fingerprint density at radius 2 is 1.68 bits per heavy atom. The number of hydrogen-bond acceptors (Lipinski definition) is 6. The number of carbonyl (C=O) groups is 2. The molecule has 3 aromatic carbocycles. The molecule has 2 N–H and O–H groups in total. The average Bonchev–Trinajstić information content (AvgIpc) is 3.48. The lowest BCUT2D eigenvalue weighted by atomic mass is 9.93. The van der Waals surface area contributed by atoms with Gasteiger partial charge < -0.3 is 15.0 Å². The van der Waals surface area contributed by atoms with Gasteiger partial charge in [0, 0.05) is 49.2 Å². The zero-order valence-corrected chi connectivity index (χ0v) is 29.1. The van der Waals surface area contributed by atoms with Crippen molar-refractivity contribution in [3.63, 3.8) is 0 Å². The molecule has 47 heavy (non-hydrogen) atoms. The molecule has 0 saturated carbocycles. The highest BCUT2D eigenvalue weighted by Crippen LogP contribution is 2.29. The van der Waals surface area contributed by atoms with E-state index in [1.807, 2.05) is 46.8 Å². The van der Waals surface area contributed by atoms with Crippen molar-refractivity contribution >= 4 is 32.2 Å². The van der Waals surface area contributed by atoms with Crippen LogP contribution in [0, 0.1) is 6.92 Å². The summed E-state index contributed by atoms with van der Waals surface area (Å²) in [6.45, 7) is 10.8. The Hall–Kier alpha value is -4.05. The van der Waals surface area contributed by atoms with Gasteiger partial charge in [-0.1, -0.05) is 75.2 Å². The van der Waals surface area contributed by atoms with Crippen LogP contribution in [0.15, 0.2) is 72.8 Å². The molecule has 0 unspecified atom stereocenters. The third kappa shape index (κ3) is 8.46. The molecule has 2 heterocycles. The Labute approximate surface area is 281 Å². The van der Waals surface area contributed by atoms with Crippen molar-refractivity contribution in [2.75, 3.05) is 24.7 Å². The van der Waals surface area contributed by atoms with Gasteiger partial charge in [0.1, 0.15) is 0 Å². The van der Waals surface area contributed by atoms with E-state index in [0.717, 1.165) is 79.6 Å². The molecule has 1 amide bonds. The van der Waals surface area contributed by atoms with Crippen molar-refractivity contribution in [1.82, 2.24) is 19.6 Å². The van der Waals surface area contributed by atoms with E-state index < -0.39 is 0 Å². The van der Waals surface area contributed by atoms with Gasteiger partial charge in [-0.25, -0.2) is 4.68 Å². The molecule has 1 aliphatic heterocycles. The van der Waals surface area contributed by atoms with Gasteiger partial charge in [0.25, 0.3) is 5.91 Å². The van der Waals surface area contributed by atoms with Crippen LogP contribution in [0.1, 0.15) is 89.7 Å². The Kier molecular flexibility index (Phi) is 11.8. The normalized spacial score (nSPS) is 14.5. The van der Waals surface area contributed by atoms with E-state index in [-0.39, 0.29) is 24.3 Å². The lowest BCUT2D eigenvalue weighted by Crippen LogP contribution is -2.42. The van der Waals surface area contributed by atoms with E-state index >= 15 is 0 Å². The summed E-state index contributed by atoms with van der Waals surface area (Å²) in [7, 11) is 0.317. The van der Waals surface area contributed by atoms with E-state index in [1.54, 1.807) is 6.92 Å². The maximum Gasteiger partial charge on any atom is 0.274 e. The second kappa shape index (κ2) is 16.2. The first kappa shape index (κ1) is 34.3. The zero-order valence-electron chi connectivity index (χ0n) is 28.1. The van der Waals surface area contributed by atoms with Crippen molar-refractivity contribution in [2.24, 2.45) is 0 Å². The Balaban J connectivity index is 1.46. The number of aromatic nitrogens is 2. The molecule has 5 rings (SSSR count). The van der Waals surface area contributed by atoms with Crippen LogP contribution in [0.2, 0.25) is 0 Å². The Morgan fingerprint density at radius 1 is 0.979 bits per heavy atom. The summed E-state index contributed by atoms with van der Waals surface area (Å²) in [6.07, 6.45) is 4.81. The molecule has 1 aliphatic rings. The molecular formula is C38H47N5O3Si. The van der Waals surface area contributed by atoms with Gasteiger partial charge in [0.15, 0.2) is 11.5 Å². The van der Waals surface area contributed by atoms with Gasteiger partial charge >= 0.3 is 0 Å². The van der Waals surface area contributed by atoms with E-state index in [1.165, 1.54) is 11.1 Å². The van der Waals surface area contributed by atoms with Crippen LogP contribution < -0.4 is 10.2 Å². The van der Waals surface area contributed by atoms with E-state index in [2.05, 4.69) is 66.2 Å². The monoisotopic (exact) mass is 649 g/mol. The molecule has 0 saturated heterocycles. The van der Waals surface area contributed by atoms with Gasteiger partial charge in [-0.05, 0) is 79.3 Å². The highest BCUT2D eigenvalue weighted by molar-refractivity contribution is 6.56. The van der Waals surface area contributed by atoms with E-state index in [9.17, 15) is 14.7 Å². The summed E-state index contributed by atoms with van der Waals surface area (Å²) in [6, 6.07) is 24.4. The van der Waals surface area contributed by atoms with E-state index in [4.69, 9.17) is 5.10 Å². The lowest BCUT2D eigenvalue weighted by molar-refractivity contribution is 0.0744. The van der Waals surface area contributed by atoms with Crippen molar-refractivity contribution in [3.05, 3.63) is 106 Å². The van der Waals surface area contributed by atoms with Crippen LogP contribution >= 0.6 is 0 Å². The van der Waals surface area contributed by atoms with E-state index in [0.29, 0.717) is 27.5 Å². The van der Waals surface area contributed by atoms with Crippen LogP contribution in [-0.4, -0.2) is 71.8 Å². The Bertz CT molecular complexity index is 1660. The molecular weight excluding hydrogens is 603 g/mol. The number of nitrogens with zero attached hydrogens (tertiary/aromatic N) is 4. The first-order chi connectivity index (χ1) is 22.8. The topological polar surface area (TPSA) is 90.7 Å². The number of nitrogens with one attached hydrogen (secondary N) is 1. The zero-order chi connectivity index (χ0) is 33.3. The van der Waals surface area contributed by atoms with Crippen molar-refractivity contribution in [2.45, 2.75) is 78.9 Å². The lowest BCUT2D eigenvalue weighted by Gasteiger charge is -2.36. The number of aryl methyl sites for hydroxylation is 1. The molecule has 2 radical (unpaired) electrons. The predicted octanol–water partition coefficient (Wildman–Crippen LogP) is 5.70. The molecule has 9 heteroatoms. The molecule has 1 atom stereocenters. The smallest absolute Gasteiger partial charge is 0.274 e. The number of anilines is 1. The highest BCUT2D eigenvalue weighted by Gasteiger charge is 2.27. The molecule has 246 valence electrons. The molecule has 0 aliphatic carbocycles. The maximum atomic E-state index is 13.7. The van der Waals surface area contributed by atoms with Crippen molar-refractivity contribution in [1.29, 1.82) is 0 Å². The fraction of sp³-hybridized carbons (Fsp3) is 0.395. The quantitative estimate of drug-likeness (QED) is 0.127.